The van der Waals surface area contributed by atoms with Crippen molar-refractivity contribution in [1.82, 2.24) is 14.0 Å². The number of benzene rings is 3. The van der Waals surface area contributed by atoms with Crippen LogP contribution in [-0.2, 0) is 22.6 Å². The van der Waals surface area contributed by atoms with Gasteiger partial charge in [-0.3, -0.25) is 19.2 Å². The van der Waals surface area contributed by atoms with Crippen LogP contribution in [0.1, 0.15) is 33.5 Å². The normalized spacial score (nSPS) is 13.1. The lowest BCUT2D eigenvalue weighted by Gasteiger charge is -2.35. The number of aromatic nitrogens is 2. The number of ketones is 2. The number of pyridine rings is 1. The summed E-state index contributed by atoms with van der Waals surface area (Å²) in [6.07, 6.45) is 3.82. The summed E-state index contributed by atoms with van der Waals surface area (Å²) in [6.45, 7) is 1.28. The molecule has 0 spiro atoms. The molecule has 3 heterocycles. The molecule has 0 saturated carbocycles. The SMILES string of the molecule is O=C(CC(=O)c1cc(Cc2c(F)cc(F)cc2F)cn(Cc2ccc(F)cc2)c1=O)C(=O)N1CCN(c2ccc(-n3cccc3)cc2)CC1. The molecule has 0 unspecified atom stereocenters. The largest absolute Gasteiger partial charge is 0.368 e. The summed E-state index contributed by atoms with van der Waals surface area (Å²) < 4.78 is 59.1. The quantitative estimate of drug-likeness (QED) is 0.0869. The molecule has 0 bridgehead atoms. The number of carbonyl (C=O) groups is 3. The highest BCUT2D eigenvalue weighted by atomic mass is 19.1. The third kappa shape index (κ3) is 7.53. The Balaban J connectivity index is 1.16. The molecule has 1 aliphatic heterocycles. The van der Waals surface area contributed by atoms with Crippen LogP contribution in [0.25, 0.3) is 5.69 Å². The van der Waals surface area contributed by atoms with E-state index in [4.69, 9.17) is 0 Å². The predicted octanol–water partition coefficient (Wildman–Crippen LogP) is 5.33. The third-order valence-electron chi connectivity index (χ3n) is 8.44. The molecule has 1 fully saturated rings. The number of hydrogen-bond acceptors (Lipinski definition) is 5. The highest BCUT2D eigenvalue weighted by Gasteiger charge is 2.29. The van der Waals surface area contributed by atoms with Gasteiger partial charge in [-0.2, -0.15) is 0 Å². The maximum absolute atomic E-state index is 14.5. The van der Waals surface area contributed by atoms with Gasteiger partial charge in [0.1, 0.15) is 23.3 Å². The number of carbonyl (C=O) groups excluding carboxylic acids is 3. The minimum Gasteiger partial charge on any atom is -0.368 e. The zero-order valence-electron chi connectivity index (χ0n) is 26.1. The minimum absolute atomic E-state index is 0.116. The molecule has 250 valence electrons. The van der Waals surface area contributed by atoms with E-state index in [1.807, 2.05) is 53.4 Å². The van der Waals surface area contributed by atoms with Gasteiger partial charge in [0.25, 0.3) is 11.5 Å². The fourth-order valence-corrected chi connectivity index (χ4v) is 5.85. The first-order chi connectivity index (χ1) is 23.5. The average molecular weight is 671 g/mol. The summed E-state index contributed by atoms with van der Waals surface area (Å²) in [7, 11) is 0. The van der Waals surface area contributed by atoms with Gasteiger partial charge in [-0.25, -0.2) is 17.6 Å². The lowest BCUT2D eigenvalue weighted by molar-refractivity contribution is -0.144. The second kappa shape index (κ2) is 14.1. The van der Waals surface area contributed by atoms with Crippen LogP contribution in [0.15, 0.2) is 102 Å². The number of piperazine rings is 1. The first kappa shape index (κ1) is 33.1. The van der Waals surface area contributed by atoms with Gasteiger partial charge in [-0.1, -0.05) is 12.1 Å². The van der Waals surface area contributed by atoms with E-state index in [9.17, 15) is 36.7 Å². The molecule has 1 aliphatic rings. The highest BCUT2D eigenvalue weighted by molar-refractivity contribution is 6.40. The zero-order valence-corrected chi connectivity index (χ0v) is 26.1. The van der Waals surface area contributed by atoms with Gasteiger partial charge in [0, 0.05) is 80.3 Å². The van der Waals surface area contributed by atoms with E-state index in [-0.39, 0.29) is 25.2 Å². The zero-order chi connectivity index (χ0) is 34.7. The molecule has 0 aliphatic carbocycles. The van der Waals surface area contributed by atoms with Gasteiger partial charge < -0.3 is 18.9 Å². The molecule has 2 aromatic heterocycles. The molecule has 6 rings (SSSR count). The number of amides is 1. The Bertz CT molecular complexity index is 2050. The Labute approximate surface area is 278 Å². The second-order valence-electron chi connectivity index (χ2n) is 11.8. The fourth-order valence-electron chi connectivity index (χ4n) is 5.85. The number of nitrogens with zero attached hydrogens (tertiary/aromatic N) is 4. The highest BCUT2D eigenvalue weighted by Crippen LogP contribution is 2.21. The van der Waals surface area contributed by atoms with Gasteiger partial charge in [0.05, 0.1) is 18.5 Å². The van der Waals surface area contributed by atoms with Crippen molar-refractivity contribution in [3.8, 4) is 5.69 Å². The summed E-state index contributed by atoms with van der Waals surface area (Å²) in [5.74, 6) is -6.72. The van der Waals surface area contributed by atoms with Crippen molar-refractivity contribution >= 4 is 23.2 Å². The van der Waals surface area contributed by atoms with Crippen LogP contribution in [0, 0.1) is 23.3 Å². The Morgan fingerprint density at radius 1 is 0.694 bits per heavy atom. The molecule has 0 radical (unpaired) electrons. The minimum atomic E-state index is -1.16. The average Bonchev–Trinajstić information content (AvgIpc) is 3.64. The molecule has 12 heteroatoms. The number of Topliss-reactive ketones (excluding diaryl/α,β-unsaturated/α-hetero) is 2. The van der Waals surface area contributed by atoms with E-state index < -0.39 is 70.3 Å². The summed E-state index contributed by atoms with van der Waals surface area (Å²) in [5, 5.41) is 0. The molecule has 0 N–H and O–H groups in total. The van der Waals surface area contributed by atoms with E-state index in [2.05, 4.69) is 4.90 Å². The smallest absolute Gasteiger partial charge is 0.290 e. The molecule has 1 saturated heterocycles. The predicted molar refractivity (Wildman–Crippen MR) is 174 cm³/mol. The molecular formula is C37H30F4N4O4. The second-order valence-corrected chi connectivity index (χ2v) is 11.8. The van der Waals surface area contributed by atoms with E-state index in [1.54, 1.807) is 0 Å². The van der Waals surface area contributed by atoms with E-state index in [0.29, 0.717) is 30.8 Å². The van der Waals surface area contributed by atoms with Gasteiger partial charge >= 0.3 is 0 Å². The molecule has 0 atom stereocenters. The van der Waals surface area contributed by atoms with Crippen molar-refractivity contribution in [2.75, 3.05) is 31.1 Å². The van der Waals surface area contributed by atoms with Crippen LogP contribution in [0.3, 0.4) is 0 Å². The van der Waals surface area contributed by atoms with Crippen molar-refractivity contribution in [1.29, 1.82) is 0 Å². The molecule has 3 aromatic carbocycles. The van der Waals surface area contributed by atoms with Crippen LogP contribution >= 0.6 is 0 Å². The summed E-state index contributed by atoms with van der Waals surface area (Å²) in [4.78, 5) is 56.4. The molecular weight excluding hydrogens is 640 g/mol. The summed E-state index contributed by atoms with van der Waals surface area (Å²) in [5.41, 5.74) is 0.800. The summed E-state index contributed by atoms with van der Waals surface area (Å²) >= 11 is 0. The monoisotopic (exact) mass is 670 g/mol. The lowest BCUT2D eigenvalue weighted by Crippen LogP contribution is -2.51. The van der Waals surface area contributed by atoms with Crippen LogP contribution in [0.5, 0.6) is 0 Å². The van der Waals surface area contributed by atoms with Crippen LogP contribution < -0.4 is 10.5 Å². The number of hydrogen-bond donors (Lipinski definition) is 0. The van der Waals surface area contributed by atoms with E-state index in [0.717, 1.165) is 22.0 Å². The molecule has 49 heavy (non-hydrogen) atoms. The maximum Gasteiger partial charge on any atom is 0.290 e. The van der Waals surface area contributed by atoms with E-state index >= 15 is 0 Å². The number of halogens is 4. The van der Waals surface area contributed by atoms with Crippen LogP contribution in [0.4, 0.5) is 23.2 Å². The van der Waals surface area contributed by atoms with Gasteiger partial charge in [-0.15, -0.1) is 0 Å². The van der Waals surface area contributed by atoms with Crippen LogP contribution in [0.2, 0.25) is 0 Å². The van der Waals surface area contributed by atoms with Crippen LogP contribution in [-0.4, -0.2) is 57.7 Å². The Morgan fingerprint density at radius 3 is 1.94 bits per heavy atom. The number of rotatable bonds is 10. The Kier molecular flexibility index (Phi) is 9.56. The van der Waals surface area contributed by atoms with Gasteiger partial charge in [-0.05, 0) is 65.7 Å². The molecule has 8 nitrogen and oxygen atoms in total. The van der Waals surface area contributed by atoms with Gasteiger partial charge in [0.15, 0.2) is 5.78 Å². The molecule has 1 amide bonds. The lowest BCUT2D eigenvalue weighted by atomic mass is 10.00. The van der Waals surface area contributed by atoms with Crippen molar-refractivity contribution in [2.45, 2.75) is 19.4 Å². The van der Waals surface area contributed by atoms with Crippen molar-refractivity contribution in [2.24, 2.45) is 0 Å². The first-order valence-corrected chi connectivity index (χ1v) is 15.5. The van der Waals surface area contributed by atoms with Crippen molar-refractivity contribution < 1.29 is 31.9 Å². The Hall–Kier alpha value is -5.78. The van der Waals surface area contributed by atoms with Crippen molar-refractivity contribution in [3.05, 3.63) is 153 Å². The van der Waals surface area contributed by atoms with Gasteiger partial charge in [0.2, 0.25) is 5.78 Å². The Morgan fingerprint density at radius 2 is 1.31 bits per heavy atom. The standard InChI is InChI=1S/C37H30F4N4O4/c38-26-5-3-24(4-6-26)22-45-23-25(17-30-32(40)19-27(39)20-33(30)41)18-31(36(45)48)34(46)21-35(47)37(49)44-15-13-43(14-16-44)29-9-7-28(8-10-29)42-11-1-2-12-42/h1-12,18-20,23H,13-17,21-22H2. The fraction of sp³-hybridized carbons (Fsp3) is 0.189. The topological polar surface area (TPSA) is 84.6 Å². The molecule has 5 aromatic rings. The third-order valence-corrected chi connectivity index (χ3v) is 8.44. The van der Waals surface area contributed by atoms with Crippen molar-refractivity contribution in [3.63, 3.8) is 0 Å². The van der Waals surface area contributed by atoms with E-state index in [1.165, 1.54) is 35.4 Å². The number of anilines is 1. The first-order valence-electron chi connectivity index (χ1n) is 15.5. The summed E-state index contributed by atoms with van der Waals surface area (Å²) in [6, 6.07) is 19.2. The maximum atomic E-state index is 14.5.